The van der Waals surface area contributed by atoms with E-state index in [4.69, 9.17) is 0 Å². The topological polar surface area (TPSA) is 45.5 Å². The van der Waals surface area contributed by atoms with Crippen LogP contribution < -0.4 is 0 Å². The van der Waals surface area contributed by atoms with E-state index in [-0.39, 0.29) is 17.9 Å². The van der Waals surface area contributed by atoms with Crippen LogP contribution in [0.4, 0.5) is 0 Å². The van der Waals surface area contributed by atoms with Crippen molar-refractivity contribution in [3.05, 3.63) is 24.5 Å². The second kappa shape index (κ2) is 6.68. The summed E-state index contributed by atoms with van der Waals surface area (Å²) in [7, 11) is 0. The number of likely N-dealkylation sites (tertiary alicyclic amines) is 1. The maximum absolute atomic E-state index is 13.1. The van der Waals surface area contributed by atoms with Crippen LogP contribution in [0.5, 0.6) is 0 Å². The third-order valence-electron chi connectivity index (χ3n) is 5.71. The summed E-state index contributed by atoms with van der Waals surface area (Å²) in [5, 5.41) is 10.8. The van der Waals surface area contributed by atoms with Gasteiger partial charge in [-0.05, 0) is 43.7 Å². The molecule has 1 saturated heterocycles. The molecule has 23 heavy (non-hydrogen) atoms. The van der Waals surface area contributed by atoms with Gasteiger partial charge in [-0.3, -0.25) is 4.79 Å². The Kier molecular flexibility index (Phi) is 4.81. The van der Waals surface area contributed by atoms with Crippen molar-refractivity contribution in [1.82, 2.24) is 9.47 Å². The van der Waals surface area contributed by atoms with Gasteiger partial charge in [-0.2, -0.15) is 0 Å². The molecule has 128 valence electrons. The molecule has 4 nitrogen and oxygen atoms in total. The van der Waals surface area contributed by atoms with E-state index in [1.807, 2.05) is 34.0 Å². The van der Waals surface area contributed by atoms with E-state index in [0.717, 1.165) is 38.6 Å². The van der Waals surface area contributed by atoms with Gasteiger partial charge in [-0.25, -0.2) is 0 Å². The molecule has 1 amide bonds. The van der Waals surface area contributed by atoms with Crippen LogP contribution in [0.3, 0.4) is 0 Å². The zero-order valence-electron chi connectivity index (χ0n) is 14.4. The van der Waals surface area contributed by atoms with Gasteiger partial charge in [0.2, 0.25) is 5.91 Å². The Morgan fingerprint density at radius 2 is 2.00 bits per heavy atom. The normalized spacial score (nSPS) is 29.4. The number of piperidine rings is 1. The first-order valence-corrected chi connectivity index (χ1v) is 9.13. The van der Waals surface area contributed by atoms with Gasteiger partial charge in [0, 0.05) is 31.4 Å². The lowest BCUT2D eigenvalue weighted by Gasteiger charge is -2.48. The largest absolute Gasteiger partial charge is 0.389 e. The molecule has 1 aliphatic heterocycles. The highest BCUT2D eigenvalue weighted by Gasteiger charge is 2.44. The molecule has 1 aliphatic carbocycles. The lowest BCUT2D eigenvalue weighted by atomic mass is 9.71. The molecule has 1 aromatic rings. The van der Waals surface area contributed by atoms with Crippen molar-refractivity contribution in [2.75, 3.05) is 13.1 Å². The van der Waals surface area contributed by atoms with Crippen LogP contribution in [-0.4, -0.2) is 39.2 Å². The smallest absolute Gasteiger partial charge is 0.245 e. The van der Waals surface area contributed by atoms with Gasteiger partial charge in [-0.1, -0.05) is 26.7 Å². The predicted octanol–water partition coefficient (Wildman–Crippen LogP) is 3.23. The minimum Gasteiger partial charge on any atom is -0.389 e. The van der Waals surface area contributed by atoms with E-state index in [1.165, 1.54) is 6.42 Å². The maximum atomic E-state index is 13.1. The van der Waals surface area contributed by atoms with Crippen molar-refractivity contribution in [2.24, 2.45) is 11.8 Å². The fourth-order valence-corrected chi connectivity index (χ4v) is 4.33. The van der Waals surface area contributed by atoms with Crippen molar-refractivity contribution in [3.8, 4) is 0 Å². The monoisotopic (exact) mass is 318 g/mol. The second-order valence-corrected chi connectivity index (χ2v) is 7.86. The molecule has 4 heteroatoms. The molecule has 1 N–H and O–H groups in total. The highest BCUT2D eigenvalue weighted by Crippen LogP contribution is 2.40. The van der Waals surface area contributed by atoms with E-state index >= 15 is 0 Å². The SMILES string of the molecule is CC(C)C[C@H](C(=O)N1CC[C@]2(O)CCCC[C@H]2C1)n1cccc1. The number of nitrogens with zero attached hydrogens (tertiary/aromatic N) is 2. The average molecular weight is 318 g/mol. The second-order valence-electron chi connectivity index (χ2n) is 7.86. The van der Waals surface area contributed by atoms with Gasteiger partial charge >= 0.3 is 0 Å². The Balaban J connectivity index is 1.73. The molecule has 3 atom stereocenters. The molecule has 2 aliphatic rings. The summed E-state index contributed by atoms with van der Waals surface area (Å²) >= 11 is 0. The van der Waals surface area contributed by atoms with Crippen molar-refractivity contribution < 1.29 is 9.90 Å². The number of carbonyl (C=O) groups excluding carboxylic acids is 1. The summed E-state index contributed by atoms with van der Waals surface area (Å²) < 4.78 is 2.05. The molecule has 0 unspecified atom stereocenters. The fraction of sp³-hybridized carbons (Fsp3) is 0.737. The van der Waals surface area contributed by atoms with E-state index in [9.17, 15) is 9.90 Å². The van der Waals surface area contributed by atoms with Crippen LogP contribution in [0, 0.1) is 11.8 Å². The Labute approximate surface area is 139 Å². The molecule has 1 aromatic heterocycles. The van der Waals surface area contributed by atoms with Crippen molar-refractivity contribution >= 4 is 5.91 Å². The molecule has 2 fully saturated rings. The Morgan fingerprint density at radius 3 is 2.70 bits per heavy atom. The van der Waals surface area contributed by atoms with Gasteiger partial charge < -0.3 is 14.6 Å². The van der Waals surface area contributed by atoms with E-state index in [1.54, 1.807) is 0 Å². The fourth-order valence-electron chi connectivity index (χ4n) is 4.33. The van der Waals surface area contributed by atoms with Gasteiger partial charge in [0.1, 0.15) is 6.04 Å². The molecule has 3 rings (SSSR count). The highest BCUT2D eigenvalue weighted by atomic mass is 16.3. The summed E-state index contributed by atoms with van der Waals surface area (Å²) in [6.07, 6.45) is 9.85. The Bertz CT molecular complexity index is 525. The number of amides is 1. The molecule has 2 heterocycles. The third-order valence-corrected chi connectivity index (χ3v) is 5.71. The minimum atomic E-state index is -0.518. The first-order chi connectivity index (χ1) is 11.0. The van der Waals surface area contributed by atoms with Gasteiger partial charge in [0.05, 0.1) is 5.60 Å². The van der Waals surface area contributed by atoms with Gasteiger partial charge in [0.15, 0.2) is 0 Å². The minimum absolute atomic E-state index is 0.111. The number of hydrogen-bond acceptors (Lipinski definition) is 2. The van der Waals surface area contributed by atoms with E-state index in [0.29, 0.717) is 12.5 Å². The number of carbonyl (C=O) groups is 1. The quantitative estimate of drug-likeness (QED) is 0.926. The van der Waals surface area contributed by atoms with Gasteiger partial charge in [-0.15, -0.1) is 0 Å². The molecular formula is C19H30N2O2. The number of aliphatic hydroxyl groups is 1. The van der Waals surface area contributed by atoms with Crippen LogP contribution in [0.15, 0.2) is 24.5 Å². The molecular weight excluding hydrogens is 288 g/mol. The maximum Gasteiger partial charge on any atom is 0.245 e. The lowest BCUT2D eigenvalue weighted by Crippen LogP contribution is -2.55. The number of aromatic nitrogens is 1. The first kappa shape index (κ1) is 16.6. The lowest BCUT2D eigenvalue weighted by molar-refractivity contribution is -0.147. The van der Waals surface area contributed by atoms with Crippen LogP contribution in [0.1, 0.15) is 58.4 Å². The average Bonchev–Trinajstić information content (AvgIpc) is 3.05. The van der Waals surface area contributed by atoms with Crippen LogP contribution in [0.2, 0.25) is 0 Å². The third kappa shape index (κ3) is 3.47. The Morgan fingerprint density at radius 1 is 1.26 bits per heavy atom. The molecule has 0 spiro atoms. The zero-order chi connectivity index (χ0) is 16.4. The summed E-state index contributed by atoms with van der Waals surface area (Å²) in [6, 6.07) is 3.85. The molecule has 1 saturated carbocycles. The van der Waals surface area contributed by atoms with Crippen molar-refractivity contribution in [1.29, 1.82) is 0 Å². The van der Waals surface area contributed by atoms with Crippen molar-refractivity contribution in [3.63, 3.8) is 0 Å². The van der Waals surface area contributed by atoms with Crippen LogP contribution >= 0.6 is 0 Å². The van der Waals surface area contributed by atoms with E-state index in [2.05, 4.69) is 13.8 Å². The van der Waals surface area contributed by atoms with Crippen molar-refractivity contribution in [2.45, 2.75) is 64.0 Å². The summed E-state index contributed by atoms with van der Waals surface area (Å²) in [5.41, 5.74) is -0.518. The van der Waals surface area contributed by atoms with E-state index < -0.39 is 5.60 Å². The highest BCUT2D eigenvalue weighted by molar-refractivity contribution is 5.80. The summed E-state index contributed by atoms with van der Waals surface area (Å²) in [4.78, 5) is 15.1. The molecule has 0 radical (unpaired) electrons. The van der Waals surface area contributed by atoms with Gasteiger partial charge in [0.25, 0.3) is 0 Å². The molecule has 0 bridgehead atoms. The zero-order valence-corrected chi connectivity index (χ0v) is 14.4. The number of fused-ring (bicyclic) bond motifs is 1. The number of rotatable bonds is 4. The molecule has 0 aromatic carbocycles. The Hall–Kier alpha value is -1.29. The van der Waals surface area contributed by atoms with Crippen LogP contribution in [0.25, 0.3) is 0 Å². The summed E-state index contributed by atoms with van der Waals surface area (Å²) in [5.74, 6) is 0.962. The van der Waals surface area contributed by atoms with Crippen LogP contribution in [-0.2, 0) is 4.79 Å². The number of hydrogen-bond donors (Lipinski definition) is 1. The summed E-state index contributed by atoms with van der Waals surface area (Å²) in [6.45, 7) is 5.76. The standard InChI is InChI=1S/C19H30N2O2/c1-15(2)13-17(20-10-5-6-11-20)18(22)21-12-9-19(23)8-4-3-7-16(19)14-21/h5-6,10-11,15-17,23H,3-4,7-9,12-14H2,1-2H3/t16-,17+,19+/m0/s1. The predicted molar refractivity (Wildman–Crippen MR) is 91.0 cm³/mol. The first-order valence-electron chi connectivity index (χ1n) is 9.13.